The summed E-state index contributed by atoms with van der Waals surface area (Å²) in [5, 5.41) is 13.3. The minimum atomic E-state index is -0.842. The number of aliphatic carboxylic acids is 1. The first kappa shape index (κ1) is 13.4. The third-order valence-electron chi connectivity index (χ3n) is 3.02. The van der Waals surface area contributed by atoms with Gasteiger partial charge in [0.05, 0.1) is 0 Å². The van der Waals surface area contributed by atoms with Crippen LogP contribution in [-0.2, 0) is 11.3 Å². The normalized spacial score (nSPS) is 12.5. The lowest BCUT2D eigenvalue weighted by atomic mass is 10.1. The van der Waals surface area contributed by atoms with Crippen LogP contribution in [-0.4, -0.2) is 22.1 Å². The van der Waals surface area contributed by atoms with Crippen LogP contribution >= 0.6 is 0 Å². The van der Waals surface area contributed by atoms with E-state index in [4.69, 9.17) is 5.11 Å². The number of fused-ring (bicyclic) bond motifs is 1. The molecule has 1 aromatic heterocycles. The van der Waals surface area contributed by atoms with E-state index >= 15 is 0 Å². The van der Waals surface area contributed by atoms with Gasteiger partial charge < -0.3 is 15.4 Å². The largest absolute Gasteiger partial charge is 0.480 e. The van der Waals surface area contributed by atoms with Crippen LogP contribution in [0.3, 0.4) is 0 Å². The van der Waals surface area contributed by atoms with E-state index in [2.05, 4.69) is 22.9 Å². The summed E-state index contributed by atoms with van der Waals surface area (Å²) in [7, 11) is 0. The van der Waals surface area contributed by atoms with Gasteiger partial charge in [0.15, 0.2) is 0 Å². The number of nitrogens with one attached hydrogen (secondary N) is 2. The van der Waals surface area contributed by atoms with Crippen LogP contribution in [0.1, 0.15) is 18.9 Å². The van der Waals surface area contributed by atoms with Gasteiger partial charge in [0, 0.05) is 18.3 Å². The van der Waals surface area contributed by atoms with Gasteiger partial charge in [-0.1, -0.05) is 11.6 Å². The number of benzene rings is 1. The van der Waals surface area contributed by atoms with Crippen molar-refractivity contribution in [2.45, 2.75) is 25.9 Å². The molecular formula is C15H18N2O2. The molecule has 0 amide bonds. The number of hydrogen-bond donors (Lipinski definition) is 3. The Labute approximate surface area is 112 Å². The molecule has 0 saturated heterocycles. The zero-order chi connectivity index (χ0) is 13.8. The molecule has 2 rings (SSSR count). The lowest BCUT2D eigenvalue weighted by molar-refractivity contribution is -0.139. The maximum Gasteiger partial charge on any atom is 0.321 e. The van der Waals surface area contributed by atoms with Crippen molar-refractivity contribution >= 4 is 16.9 Å². The monoisotopic (exact) mass is 258 g/mol. The maximum absolute atomic E-state index is 11.1. The number of carboxylic acid groups (broad SMARTS) is 1. The highest BCUT2D eigenvalue weighted by Crippen LogP contribution is 2.14. The van der Waals surface area contributed by atoms with E-state index in [0.29, 0.717) is 13.0 Å². The molecular weight excluding hydrogens is 240 g/mol. The van der Waals surface area contributed by atoms with Gasteiger partial charge in [-0.15, -0.1) is 6.58 Å². The van der Waals surface area contributed by atoms with Crippen molar-refractivity contribution in [3.05, 3.63) is 48.2 Å². The molecule has 1 unspecified atom stereocenters. The van der Waals surface area contributed by atoms with Gasteiger partial charge in [0.1, 0.15) is 6.04 Å². The van der Waals surface area contributed by atoms with Crippen LogP contribution < -0.4 is 5.32 Å². The van der Waals surface area contributed by atoms with Crippen LogP contribution in [0.5, 0.6) is 0 Å². The fraction of sp³-hybridized carbons (Fsp3) is 0.267. The van der Waals surface area contributed by atoms with Gasteiger partial charge in [-0.25, -0.2) is 0 Å². The van der Waals surface area contributed by atoms with E-state index in [0.717, 1.165) is 22.0 Å². The number of hydrogen-bond acceptors (Lipinski definition) is 2. The number of rotatable bonds is 6. The lowest BCUT2D eigenvalue weighted by Crippen LogP contribution is -2.36. The number of aromatic nitrogens is 1. The van der Waals surface area contributed by atoms with Gasteiger partial charge in [0.25, 0.3) is 0 Å². The quantitative estimate of drug-likeness (QED) is 0.698. The van der Waals surface area contributed by atoms with Crippen LogP contribution in [0, 0.1) is 0 Å². The SMILES string of the molecule is C=C(C)CC(NCc1ccc2[nH]ccc2c1)C(=O)O. The lowest BCUT2D eigenvalue weighted by Gasteiger charge is -2.14. The Morgan fingerprint density at radius 3 is 2.95 bits per heavy atom. The average Bonchev–Trinajstić information content (AvgIpc) is 2.80. The number of carboxylic acids is 1. The first-order valence-corrected chi connectivity index (χ1v) is 6.23. The van der Waals surface area contributed by atoms with E-state index in [9.17, 15) is 4.79 Å². The summed E-state index contributed by atoms with van der Waals surface area (Å²) in [5.74, 6) is -0.842. The van der Waals surface area contributed by atoms with Crippen molar-refractivity contribution < 1.29 is 9.90 Å². The fourth-order valence-electron chi connectivity index (χ4n) is 2.05. The Kier molecular flexibility index (Phi) is 4.02. The number of carbonyl (C=O) groups is 1. The highest BCUT2D eigenvalue weighted by molar-refractivity contribution is 5.80. The fourth-order valence-corrected chi connectivity index (χ4v) is 2.05. The summed E-state index contributed by atoms with van der Waals surface area (Å²) in [6.45, 7) is 6.13. The second kappa shape index (κ2) is 5.71. The Hall–Kier alpha value is -2.07. The summed E-state index contributed by atoms with van der Waals surface area (Å²) < 4.78 is 0. The standard InChI is InChI=1S/C15H18N2O2/c1-10(2)7-14(15(18)19)17-9-11-3-4-13-12(8-11)5-6-16-13/h3-6,8,14,16-17H,1,7,9H2,2H3,(H,18,19). The molecule has 4 nitrogen and oxygen atoms in total. The zero-order valence-electron chi connectivity index (χ0n) is 10.9. The van der Waals surface area contributed by atoms with Crippen LogP contribution in [0.25, 0.3) is 10.9 Å². The molecule has 2 aromatic rings. The highest BCUT2D eigenvalue weighted by Gasteiger charge is 2.16. The van der Waals surface area contributed by atoms with Gasteiger partial charge in [0.2, 0.25) is 0 Å². The Morgan fingerprint density at radius 2 is 2.26 bits per heavy atom. The Bertz CT molecular complexity index is 601. The molecule has 19 heavy (non-hydrogen) atoms. The average molecular weight is 258 g/mol. The maximum atomic E-state index is 11.1. The highest BCUT2D eigenvalue weighted by atomic mass is 16.4. The summed E-state index contributed by atoms with van der Waals surface area (Å²) >= 11 is 0. The van der Waals surface area contributed by atoms with Gasteiger partial charge in [-0.3, -0.25) is 4.79 Å². The van der Waals surface area contributed by atoms with E-state index in [1.165, 1.54) is 0 Å². The molecule has 0 saturated carbocycles. The topological polar surface area (TPSA) is 65.1 Å². The smallest absolute Gasteiger partial charge is 0.321 e. The summed E-state index contributed by atoms with van der Waals surface area (Å²) in [6.07, 6.45) is 2.34. The van der Waals surface area contributed by atoms with Crippen molar-refractivity contribution in [3.8, 4) is 0 Å². The van der Waals surface area contributed by atoms with E-state index in [1.54, 1.807) is 0 Å². The number of H-pyrrole nitrogens is 1. The van der Waals surface area contributed by atoms with Crippen molar-refractivity contribution in [1.82, 2.24) is 10.3 Å². The van der Waals surface area contributed by atoms with Gasteiger partial charge in [-0.2, -0.15) is 0 Å². The first-order chi connectivity index (χ1) is 9.06. The summed E-state index contributed by atoms with van der Waals surface area (Å²) in [6, 6.07) is 7.46. The van der Waals surface area contributed by atoms with E-state index in [-0.39, 0.29) is 0 Å². The van der Waals surface area contributed by atoms with E-state index in [1.807, 2.05) is 31.3 Å². The molecule has 100 valence electrons. The predicted molar refractivity (Wildman–Crippen MR) is 76.0 cm³/mol. The molecule has 0 spiro atoms. The van der Waals surface area contributed by atoms with Crippen molar-refractivity contribution in [3.63, 3.8) is 0 Å². The molecule has 1 atom stereocenters. The van der Waals surface area contributed by atoms with Crippen molar-refractivity contribution in [2.24, 2.45) is 0 Å². The summed E-state index contributed by atoms with van der Waals surface area (Å²) in [4.78, 5) is 14.2. The molecule has 0 aliphatic carbocycles. The van der Waals surface area contributed by atoms with E-state index < -0.39 is 12.0 Å². The molecule has 0 aliphatic heterocycles. The molecule has 0 bridgehead atoms. The molecule has 4 heteroatoms. The molecule has 0 radical (unpaired) electrons. The Balaban J connectivity index is 2.03. The third-order valence-corrected chi connectivity index (χ3v) is 3.02. The summed E-state index contributed by atoms with van der Waals surface area (Å²) in [5.41, 5.74) is 3.02. The first-order valence-electron chi connectivity index (χ1n) is 6.23. The van der Waals surface area contributed by atoms with Crippen molar-refractivity contribution in [2.75, 3.05) is 0 Å². The zero-order valence-corrected chi connectivity index (χ0v) is 10.9. The van der Waals surface area contributed by atoms with Gasteiger partial charge in [-0.05, 0) is 42.5 Å². The molecule has 0 aliphatic rings. The number of aromatic amines is 1. The second-order valence-corrected chi connectivity index (χ2v) is 4.83. The van der Waals surface area contributed by atoms with Crippen LogP contribution in [0.15, 0.2) is 42.6 Å². The minimum Gasteiger partial charge on any atom is -0.480 e. The van der Waals surface area contributed by atoms with Crippen molar-refractivity contribution in [1.29, 1.82) is 0 Å². The molecule has 0 fully saturated rings. The molecule has 1 heterocycles. The molecule has 3 N–H and O–H groups in total. The third kappa shape index (κ3) is 3.45. The van der Waals surface area contributed by atoms with Crippen LogP contribution in [0.2, 0.25) is 0 Å². The molecule has 1 aromatic carbocycles. The van der Waals surface area contributed by atoms with Crippen LogP contribution in [0.4, 0.5) is 0 Å². The second-order valence-electron chi connectivity index (χ2n) is 4.83. The predicted octanol–water partition coefficient (Wildman–Crippen LogP) is 2.68. The minimum absolute atomic E-state index is 0.446. The Morgan fingerprint density at radius 1 is 1.47 bits per heavy atom. The van der Waals surface area contributed by atoms with Gasteiger partial charge >= 0.3 is 5.97 Å².